The van der Waals surface area contributed by atoms with E-state index in [1.54, 1.807) is 0 Å². The maximum absolute atomic E-state index is 12.6. The third-order valence-electron chi connectivity index (χ3n) is 4.87. The molecule has 26 heavy (non-hydrogen) atoms. The highest BCUT2D eigenvalue weighted by molar-refractivity contribution is 5.96. The lowest BCUT2D eigenvalue weighted by Gasteiger charge is -2.23. The molecule has 0 saturated carbocycles. The van der Waals surface area contributed by atoms with E-state index in [-0.39, 0.29) is 12.3 Å². The number of carbonyl (C=O) groups excluding carboxylic acids is 1. The van der Waals surface area contributed by atoms with Gasteiger partial charge < -0.3 is 14.7 Å². The zero-order valence-electron chi connectivity index (χ0n) is 15.0. The molecule has 0 unspecified atom stereocenters. The van der Waals surface area contributed by atoms with E-state index in [0.29, 0.717) is 5.76 Å². The van der Waals surface area contributed by atoms with Gasteiger partial charge in [0.15, 0.2) is 0 Å². The van der Waals surface area contributed by atoms with Gasteiger partial charge in [-0.1, -0.05) is 35.5 Å². The van der Waals surface area contributed by atoms with Gasteiger partial charge in [-0.3, -0.25) is 4.79 Å². The minimum absolute atomic E-state index is 0.0701. The molecule has 1 aliphatic rings. The first-order valence-electron chi connectivity index (χ1n) is 8.79. The van der Waals surface area contributed by atoms with Crippen LogP contribution in [-0.4, -0.2) is 17.6 Å². The maximum atomic E-state index is 12.6. The predicted molar refractivity (Wildman–Crippen MR) is 102 cm³/mol. The van der Waals surface area contributed by atoms with E-state index >= 15 is 0 Å². The van der Waals surface area contributed by atoms with Gasteiger partial charge in [-0.25, -0.2) is 0 Å². The lowest BCUT2D eigenvalue weighted by molar-refractivity contribution is -0.115. The molecular formula is C21H21N3O2. The fraction of sp³-hybridized carbons (Fsp3) is 0.238. The maximum Gasteiger partial charge on any atom is 0.229 e. The summed E-state index contributed by atoms with van der Waals surface area (Å²) < 4.78 is 5.15. The first-order valence-corrected chi connectivity index (χ1v) is 8.79. The van der Waals surface area contributed by atoms with Crippen molar-refractivity contribution in [3.63, 3.8) is 0 Å². The molecule has 0 radical (unpaired) electrons. The molecule has 1 aliphatic heterocycles. The average molecular weight is 347 g/mol. The van der Waals surface area contributed by atoms with Crippen LogP contribution < -0.4 is 10.2 Å². The Morgan fingerprint density at radius 1 is 1.12 bits per heavy atom. The van der Waals surface area contributed by atoms with Gasteiger partial charge in [-0.2, -0.15) is 0 Å². The monoisotopic (exact) mass is 347 g/mol. The first kappa shape index (κ1) is 16.4. The van der Waals surface area contributed by atoms with Crippen LogP contribution in [-0.2, 0) is 17.6 Å². The summed E-state index contributed by atoms with van der Waals surface area (Å²) in [5.41, 5.74) is 6.00. The topological polar surface area (TPSA) is 58.4 Å². The van der Waals surface area contributed by atoms with Gasteiger partial charge in [-0.05, 0) is 44.0 Å². The quantitative estimate of drug-likeness (QED) is 0.770. The van der Waals surface area contributed by atoms with Crippen molar-refractivity contribution in [1.82, 2.24) is 5.16 Å². The molecule has 132 valence electrons. The Morgan fingerprint density at radius 3 is 2.62 bits per heavy atom. The number of nitrogens with one attached hydrogen (secondary N) is 1. The number of fused-ring (bicyclic) bond motifs is 1. The van der Waals surface area contributed by atoms with E-state index in [1.165, 1.54) is 11.3 Å². The van der Waals surface area contributed by atoms with Crippen LogP contribution in [0.15, 0.2) is 53.1 Å². The SMILES string of the molecule is Cc1noc(C)c1CC(=O)Nc1ccccc1N1CCc2ccccc21. The molecule has 0 atom stereocenters. The number of nitrogens with zero attached hydrogens (tertiary/aromatic N) is 2. The molecule has 4 rings (SSSR count). The minimum Gasteiger partial charge on any atom is -0.361 e. The lowest BCUT2D eigenvalue weighted by Crippen LogP contribution is -2.19. The number of hydrogen-bond donors (Lipinski definition) is 1. The largest absolute Gasteiger partial charge is 0.361 e. The van der Waals surface area contributed by atoms with Crippen molar-refractivity contribution in [2.24, 2.45) is 0 Å². The summed E-state index contributed by atoms with van der Waals surface area (Å²) in [6.45, 7) is 4.60. The van der Waals surface area contributed by atoms with E-state index in [9.17, 15) is 4.79 Å². The first-order chi connectivity index (χ1) is 12.6. The summed E-state index contributed by atoms with van der Waals surface area (Å²) in [5.74, 6) is 0.624. The van der Waals surface area contributed by atoms with Crippen molar-refractivity contribution < 1.29 is 9.32 Å². The van der Waals surface area contributed by atoms with Crippen LogP contribution in [0.4, 0.5) is 17.1 Å². The molecule has 5 nitrogen and oxygen atoms in total. The zero-order valence-corrected chi connectivity index (χ0v) is 15.0. The highest BCUT2D eigenvalue weighted by Gasteiger charge is 2.22. The highest BCUT2D eigenvalue weighted by atomic mass is 16.5. The predicted octanol–water partition coefficient (Wildman–Crippen LogP) is 4.17. The molecule has 1 aromatic heterocycles. The van der Waals surface area contributed by atoms with Crippen molar-refractivity contribution in [3.8, 4) is 0 Å². The summed E-state index contributed by atoms with van der Waals surface area (Å²) in [4.78, 5) is 14.9. The number of carbonyl (C=O) groups is 1. The number of rotatable bonds is 4. The Labute approximate surface area is 152 Å². The molecule has 0 bridgehead atoms. The molecule has 1 amide bonds. The summed E-state index contributed by atoms with van der Waals surface area (Å²) in [5, 5.41) is 6.98. The third kappa shape index (κ3) is 2.96. The summed E-state index contributed by atoms with van der Waals surface area (Å²) >= 11 is 0. The standard InChI is InChI=1S/C21H21N3O2/c1-14-17(15(2)26-23-14)13-21(25)22-18-8-4-6-10-20(18)24-12-11-16-7-3-5-9-19(16)24/h3-10H,11-13H2,1-2H3,(H,22,25). The molecule has 0 aliphatic carbocycles. The van der Waals surface area contributed by atoms with Crippen LogP contribution in [0.3, 0.4) is 0 Å². The minimum atomic E-state index is -0.0701. The van der Waals surface area contributed by atoms with E-state index < -0.39 is 0 Å². The Kier molecular flexibility index (Phi) is 4.21. The molecule has 0 fully saturated rings. The fourth-order valence-corrected chi connectivity index (χ4v) is 3.51. The van der Waals surface area contributed by atoms with Gasteiger partial charge in [0.2, 0.25) is 5.91 Å². The van der Waals surface area contributed by atoms with Crippen LogP contribution >= 0.6 is 0 Å². The second kappa shape index (κ2) is 6.67. The molecular weight excluding hydrogens is 326 g/mol. The summed E-state index contributed by atoms with van der Waals surface area (Å²) in [7, 11) is 0. The zero-order chi connectivity index (χ0) is 18.1. The van der Waals surface area contributed by atoms with Crippen molar-refractivity contribution in [1.29, 1.82) is 0 Å². The second-order valence-corrected chi connectivity index (χ2v) is 6.58. The van der Waals surface area contributed by atoms with Crippen molar-refractivity contribution in [2.45, 2.75) is 26.7 Å². The Balaban J connectivity index is 1.58. The van der Waals surface area contributed by atoms with Crippen molar-refractivity contribution in [2.75, 3.05) is 16.8 Å². The van der Waals surface area contributed by atoms with Gasteiger partial charge in [0, 0.05) is 17.8 Å². The van der Waals surface area contributed by atoms with Crippen LogP contribution in [0.1, 0.15) is 22.6 Å². The van der Waals surface area contributed by atoms with Crippen molar-refractivity contribution >= 4 is 23.0 Å². The lowest BCUT2D eigenvalue weighted by atomic mass is 10.1. The van der Waals surface area contributed by atoms with Gasteiger partial charge >= 0.3 is 0 Å². The Bertz CT molecular complexity index is 942. The number of aromatic nitrogens is 1. The van der Waals surface area contributed by atoms with E-state index in [2.05, 4.69) is 39.6 Å². The molecule has 1 N–H and O–H groups in total. The number of anilines is 3. The van der Waals surface area contributed by atoms with Gasteiger partial charge in [0.25, 0.3) is 0 Å². The third-order valence-corrected chi connectivity index (χ3v) is 4.87. The van der Waals surface area contributed by atoms with Gasteiger partial charge in [-0.15, -0.1) is 0 Å². The highest BCUT2D eigenvalue weighted by Crippen LogP contribution is 2.38. The van der Waals surface area contributed by atoms with Crippen LogP contribution in [0.2, 0.25) is 0 Å². The molecule has 0 spiro atoms. The Hall–Kier alpha value is -3.08. The molecule has 2 heterocycles. The summed E-state index contributed by atoms with van der Waals surface area (Å²) in [6, 6.07) is 16.3. The second-order valence-electron chi connectivity index (χ2n) is 6.58. The van der Waals surface area contributed by atoms with E-state index in [4.69, 9.17) is 4.52 Å². The van der Waals surface area contributed by atoms with Crippen LogP contribution in [0.25, 0.3) is 0 Å². The fourth-order valence-electron chi connectivity index (χ4n) is 3.51. The summed E-state index contributed by atoms with van der Waals surface area (Å²) in [6.07, 6.45) is 1.27. The van der Waals surface area contributed by atoms with E-state index in [1.807, 2.05) is 38.1 Å². The van der Waals surface area contributed by atoms with E-state index in [0.717, 1.165) is 35.6 Å². The van der Waals surface area contributed by atoms with Crippen LogP contribution in [0.5, 0.6) is 0 Å². The van der Waals surface area contributed by atoms with Crippen LogP contribution in [0, 0.1) is 13.8 Å². The number of amides is 1. The van der Waals surface area contributed by atoms with Crippen molar-refractivity contribution in [3.05, 3.63) is 71.1 Å². The van der Waals surface area contributed by atoms with Gasteiger partial charge in [0.1, 0.15) is 5.76 Å². The smallest absolute Gasteiger partial charge is 0.229 e. The molecule has 3 aromatic rings. The molecule has 2 aromatic carbocycles. The number of aryl methyl sites for hydroxylation is 2. The molecule has 5 heteroatoms. The number of hydrogen-bond acceptors (Lipinski definition) is 4. The average Bonchev–Trinajstić information content (AvgIpc) is 3.21. The normalized spacial score (nSPS) is 12.9. The number of benzene rings is 2. The molecule has 0 saturated heterocycles. The Morgan fingerprint density at radius 2 is 1.85 bits per heavy atom. The number of para-hydroxylation sites is 3. The van der Waals surface area contributed by atoms with Gasteiger partial charge in [0.05, 0.1) is 23.5 Å².